The molecule has 0 saturated carbocycles. The quantitative estimate of drug-likeness (QED) is 0.284. The molecule has 0 radical (unpaired) electrons. The monoisotopic (exact) mass is 459 g/mol. The zero-order valence-corrected chi connectivity index (χ0v) is 19.2. The van der Waals surface area contributed by atoms with Crippen LogP contribution < -0.4 is 19.6 Å². The minimum Gasteiger partial charge on any atom is -0.493 e. The topological polar surface area (TPSA) is 109 Å². The molecule has 10 heteroatoms. The van der Waals surface area contributed by atoms with Crippen molar-refractivity contribution in [2.45, 2.75) is 13.3 Å². The summed E-state index contributed by atoms with van der Waals surface area (Å²) in [5.41, 5.74) is 6.00. The van der Waals surface area contributed by atoms with Crippen molar-refractivity contribution in [3.8, 4) is 23.5 Å². The summed E-state index contributed by atoms with van der Waals surface area (Å²) < 4.78 is 18.1. The minimum atomic E-state index is 0.174. The molecule has 0 fully saturated rings. The lowest BCUT2D eigenvalue weighted by Gasteiger charge is -2.10. The smallest absolute Gasteiger partial charge is 0.323 e. The van der Waals surface area contributed by atoms with Crippen LogP contribution >= 0.6 is 0 Å². The Morgan fingerprint density at radius 1 is 1.03 bits per heavy atom. The van der Waals surface area contributed by atoms with Gasteiger partial charge in [0.2, 0.25) is 5.95 Å². The molecule has 174 valence electrons. The Hall–Kier alpha value is -4.47. The molecule has 34 heavy (non-hydrogen) atoms. The fourth-order valence-corrected chi connectivity index (χ4v) is 3.16. The van der Waals surface area contributed by atoms with Crippen molar-refractivity contribution in [3.63, 3.8) is 0 Å². The number of nitrogens with one attached hydrogen (secondary N) is 1. The summed E-state index contributed by atoms with van der Waals surface area (Å²) in [7, 11) is 3.21. The van der Waals surface area contributed by atoms with Crippen LogP contribution in [-0.2, 0) is 6.42 Å². The molecule has 1 N–H and O–H groups in total. The number of aromatic nitrogens is 5. The first-order valence-corrected chi connectivity index (χ1v) is 10.6. The first-order chi connectivity index (χ1) is 16.6. The van der Waals surface area contributed by atoms with E-state index in [1.165, 1.54) is 0 Å². The average Bonchev–Trinajstić information content (AvgIpc) is 3.39. The van der Waals surface area contributed by atoms with E-state index in [4.69, 9.17) is 14.2 Å². The van der Waals surface area contributed by atoms with Crippen LogP contribution in [0.5, 0.6) is 17.5 Å². The number of hydrazone groups is 1. The Kier molecular flexibility index (Phi) is 7.28. The summed E-state index contributed by atoms with van der Waals surface area (Å²) in [5, 5.41) is 4.25. The predicted molar refractivity (Wildman–Crippen MR) is 128 cm³/mol. The molecule has 10 nitrogen and oxygen atoms in total. The Labute approximate surface area is 197 Å². The van der Waals surface area contributed by atoms with Gasteiger partial charge in [0, 0.05) is 18.8 Å². The molecule has 0 spiro atoms. The van der Waals surface area contributed by atoms with Crippen molar-refractivity contribution >= 4 is 12.2 Å². The second-order valence-corrected chi connectivity index (χ2v) is 7.28. The van der Waals surface area contributed by atoms with E-state index >= 15 is 0 Å². The summed E-state index contributed by atoms with van der Waals surface area (Å²) in [6.07, 6.45) is 7.31. The van der Waals surface area contributed by atoms with Crippen LogP contribution in [0.25, 0.3) is 5.95 Å². The second-order valence-electron chi connectivity index (χ2n) is 7.28. The van der Waals surface area contributed by atoms with Crippen molar-refractivity contribution in [1.29, 1.82) is 0 Å². The van der Waals surface area contributed by atoms with Crippen molar-refractivity contribution < 1.29 is 14.2 Å². The van der Waals surface area contributed by atoms with Gasteiger partial charge in [0.05, 0.1) is 27.0 Å². The number of anilines is 1. The molecule has 0 aliphatic rings. The fraction of sp³-hybridized carbons (Fsp3) is 0.208. The molecule has 0 bridgehead atoms. The van der Waals surface area contributed by atoms with Crippen LogP contribution in [0.15, 0.2) is 66.3 Å². The second kappa shape index (κ2) is 10.9. The lowest BCUT2D eigenvalue weighted by molar-refractivity contribution is 0.295. The SMILES string of the molecule is COc1ccc(CCOc2nc(N/N=C/c3cccc(C)c3)nc(-n3ccnc3)n2)cc1OC. The van der Waals surface area contributed by atoms with E-state index < -0.39 is 0 Å². The van der Waals surface area contributed by atoms with E-state index in [1.807, 2.05) is 49.4 Å². The van der Waals surface area contributed by atoms with E-state index in [0.29, 0.717) is 30.5 Å². The highest BCUT2D eigenvalue weighted by atomic mass is 16.5. The molecule has 2 aromatic carbocycles. The van der Waals surface area contributed by atoms with E-state index in [2.05, 4.69) is 30.5 Å². The van der Waals surface area contributed by atoms with E-state index in [0.717, 1.165) is 16.7 Å². The standard InChI is InChI=1S/C24H25N7O3/c1-17-5-4-6-19(13-17)15-26-30-22-27-23(31-11-10-25-16-31)29-24(28-22)34-12-9-18-7-8-20(32-2)21(14-18)33-3/h4-8,10-11,13-16H,9,12H2,1-3H3,(H,27,28,29,30)/b26-15+. The molecule has 2 aromatic heterocycles. The molecule has 2 heterocycles. The normalized spacial score (nSPS) is 10.9. The fourth-order valence-electron chi connectivity index (χ4n) is 3.16. The number of hydrogen-bond donors (Lipinski definition) is 1. The lowest BCUT2D eigenvalue weighted by atomic mass is 10.1. The third kappa shape index (κ3) is 5.85. The summed E-state index contributed by atoms with van der Waals surface area (Å²) in [4.78, 5) is 17.2. The molecular formula is C24H25N7O3. The van der Waals surface area contributed by atoms with Crippen LogP contribution in [0.2, 0.25) is 0 Å². The van der Waals surface area contributed by atoms with Gasteiger partial charge in [0.1, 0.15) is 6.33 Å². The molecule has 0 aliphatic heterocycles. The maximum atomic E-state index is 5.84. The van der Waals surface area contributed by atoms with Gasteiger partial charge >= 0.3 is 6.01 Å². The molecule has 0 amide bonds. The van der Waals surface area contributed by atoms with Crippen molar-refractivity contribution in [2.75, 3.05) is 26.3 Å². The number of rotatable bonds is 10. The predicted octanol–water partition coefficient (Wildman–Crippen LogP) is 3.45. The van der Waals surface area contributed by atoms with Crippen molar-refractivity contribution in [2.24, 2.45) is 5.10 Å². The highest BCUT2D eigenvalue weighted by molar-refractivity contribution is 5.80. The summed E-state index contributed by atoms with van der Waals surface area (Å²) >= 11 is 0. The molecule has 0 unspecified atom stereocenters. The molecular weight excluding hydrogens is 434 g/mol. The number of methoxy groups -OCH3 is 2. The Bertz CT molecular complexity index is 1260. The largest absolute Gasteiger partial charge is 0.493 e. The molecule has 4 rings (SSSR count). The first-order valence-electron chi connectivity index (χ1n) is 10.6. The van der Waals surface area contributed by atoms with Crippen LogP contribution in [0.1, 0.15) is 16.7 Å². The van der Waals surface area contributed by atoms with Gasteiger partial charge in [-0.25, -0.2) is 10.4 Å². The van der Waals surface area contributed by atoms with Gasteiger partial charge in [-0.15, -0.1) is 0 Å². The maximum Gasteiger partial charge on any atom is 0.323 e. The number of benzene rings is 2. The zero-order valence-electron chi connectivity index (χ0n) is 19.2. The Morgan fingerprint density at radius 2 is 1.91 bits per heavy atom. The summed E-state index contributed by atoms with van der Waals surface area (Å²) in [6.45, 7) is 2.38. The number of ether oxygens (including phenoxy) is 3. The van der Waals surface area contributed by atoms with Crippen LogP contribution in [0, 0.1) is 6.92 Å². The van der Waals surface area contributed by atoms with Gasteiger partial charge in [-0.2, -0.15) is 20.1 Å². The van der Waals surface area contributed by atoms with E-state index in [9.17, 15) is 0 Å². The summed E-state index contributed by atoms with van der Waals surface area (Å²) in [5.74, 6) is 1.96. The average molecular weight is 460 g/mol. The van der Waals surface area contributed by atoms with Crippen LogP contribution in [-0.4, -0.2) is 51.5 Å². The number of aryl methyl sites for hydroxylation is 1. The van der Waals surface area contributed by atoms with Gasteiger partial charge in [0.15, 0.2) is 11.5 Å². The number of nitrogens with zero attached hydrogens (tertiary/aromatic N) is 6. The highest BCUT2D eigenvalue weighted by Crippen LogP contribution is 2.27. The Balaban J connectivity index is 1.47. The molecule has 4 aromatic rings. The van der Waals surface area contributed by atoms with E-state index in [1.54, 1.807) is 43.7 Å². The first kappa shape index (κ1) is 22.7. The number of hydrogen-bond acceptors (Lipinski definition) is 9. The zero-order chi connectivity index (χ0) is 23.8. The van der Waals surface area contributed by atoms with Crippen LogP contribution in [0.4, 0.5) is 5.95 Å². The van der Waals surface area contributed by atoms with Gasteiger partial charge < -0.3 is 14.2 Å². The third-order valence-corrected chi connectivity index (χ3v) is 4.83. The highest BCUT2D eigenvalue weighted by Gasteiger charge is 2.10. The van der Waals surface area contributed by atoms with Crippen molar-refractivity contribution in [1.82, 2.24) is 24.5 Å². The molecule has 0 aliphatic carbocycles. The van der Waals surface area contributed by atoms with Gasteiger partial charge in [0.25, 0.3) is 5.95 Å². The van der Waals surface area contributed by atoms with Gasteiger partial charge in [-0.3, -0.25) is 4.57 Å². The van der Waals surface area contributed by atoms with Crippen molar-refractivity contribution in [3.05, 3.63) is 77.9 Å². The molecule has 0 atom stereocenters. The van der Waals surface area contributed by atoms with Gasteiger partial charge in [-0.05, 0) is 30.2 Å². The number of imidazole rings is 1. The minimum absolute atomic E-state index is 0.174. The Morgan fingerprint density at radius 3 is 2.68 bits per heavy atom. The van der Waals surface area contributed by atoms with Crippen LogP contribution in [0.3, 0.4) is 0 Å². The lowest BCUT2D eigenvalue weighted by Crippen LogP contribution is -2.10. The van der Waals surface area contributed by atoms with E-state index in [-0.39, 0.29) is 12.0 Å². The summed E-state index contributed by atoms with van der Waals surface area (Å²) in [6, 6.07) is 13.9. The van der Waals surface area contributed by atoms with Gasteiger partial charge in [-0.1, -0.05) is 35.9 Å². The maximum absolute atomic E-state index is 5.84. The molecule has 0 saturated heterocycles. The third-order valence-electron chi connectivity index (χ3n) is 4.83.